The van der Waals surface area contributed by atoms with Gasteiger partial charge in [0.2, 0.25) is 0 Å². The van der Waals surface area contributed by atoms with Crippen LogP contribution < -0.4 is 0 Å². The average molecular weight is 1450 g/mol. The lowest BCUT2D eigenvalue weighted by Crippen LogP contribution is -2.30. The van der Waals surface area contributed by atoms with Gasteiger partial charge in [-0.25, -0.2) is 9.13 Å². The van der Waals surface area contributed by atoms with E-state index in [1.54, 1.807) is 0 Å². The number of phosphoric ester groups is 2. The van der Waals surface area contributed by atoms with E-state index in [0.717, 1.165) is 115 Å². The van der Waals surface area contributed by atoms with Crippen LogP contribution in [-0.2, 0) is 65.4 Å². The monoisotopic (exact) mass is 1450 g/mol. The van der Waals surface area contributed by atoms with E-state index in [1.807, 2.05) is 0 Å². The quantitative estimate of drug-likeness (QED) is 0.0169. The molecule has 0 aliphatic rings. The molecule has 19 heteroatoms. The van der Waals surface area contributed by atoms with Crippen molar-refractivity contribution in [1.29, 1.82) is 0 Å². The van der Waals surface area contributed by atoms with Crippen LogP contribution in [0.3, 0.4) is 0 Å². The number of unbranched alkanes of at least 4 members (excludes halogenated alkanes) is 47. The van der Waals surface area contributed by atoms with E-state index in [0.29, 0.717) is 25.7 Å². The summed E-state index contributed by atoms with van der Waals surface area (Å²) in [6, 6.07) is 0. The van der Waals surface area contributed by atoms with Crippen molar-refractivity contribution in [2.24, 2.45) is 5.92 Å². The summed E-state index contributed by atoms with van der Waals surface area (Å²) in [5.74, 6) is -1.39. The molecule has 5 atom stereocenters. The largest absolute Gasteiger partial charge is 0.472 e. The highest BCUT2D eigenvalue weighted by Crippen LogP contribution is 2.45. The first kappa shape index (κ1) is 96.5. The summed E-state index contributed by atoms with van der Waals surface area (Å²) in [5.41, 5.74) is 0. The lowest BCUT2D eigenvalue weighted by Gasteiger charge is -2.21. The van der Waals surface area contributed by atoms with Crippen LogP contribution >= 0.6 is 15.6 Å². The molecule has 0 aliphatic carbocycles. The molecule has 0 aromatic heterocycles. The molecule has 0 radical (unpaired) electrons. The molecule has 0 bridgehead atoms. The number of rotatable bonds is 78. The summed E-state index contributed by atoms with van der Waals surface area (Å²) in [5, 5.41) is 10.6. The topological polar surface area (TPSA) is 237 Å². The summed E-state index contributed by atoms with van der Waals surface area (Å²) in [6.45, 7) is 7.24. The molecule has 0 aromatic carbocycles. The van der Waals surface area contributed by atoms with Crippen LogP contribution in [0.1, 0.15) is 401 Å². The molecule has 0 saturated carbocycles. The number of hydrogen-bond acceptors (Lipinski definition) is 15. The first-order chi connectivity index (χ1) is 48.0. The Labute approximate surface area is 605 Å². The van der Waals surface area contributed by atoms with Crippen LogP contribution in [0.25, 0.3) is 0 Å². The third kappa shape index (κ3) is 73.6. The first-order valence-corrected chi connectivity index (χ1v) is 43.9. The van der Waals surface area contributed by atoms with Crippen LogP contribution in [0.4, 0.5) is 0 Å². The highest BCUT2D eigenvalue weighted by molar-refractivity contribution is 7.47. The smallest absolute Gasteiger partial charge is 0.462 e. The summed E-state index contributed by atoms with van der Waals surface area (Å²) >= 11 is 0. The van der Waals surface area contributed by atoms with Crippen molar-refractivity contribution in [2.75, 3.05) is 39.6 Å². The highest BCUT2D eigenvalue weighted by Gasteiger charge is 2.30. The van der Waals surface area contributed by atoms with Crippen molar-refractivity contribution >= 4 is 39.5 Å². The highest BCUT2D eigenvalue weighted by atomic mass is 31.2. The van der Waals surface area contributed by atoms with Gasteiger partial charge in [0.05, 0.1) is 26.4 Å². The summed E-state index contributed by atoms with van der Waals surface area (Å²) in [7, 11) is -9.93. The van der Waals surface area contributed by atoms with E-state index in [4.69, 9.17) is 37.0 Å². The number of esters is 4. The SMILES string of the molecule is CCCCCC/C=C\C=C/CCCCCCCC(=O)OC[C@H](COP(=O)(O)OC[C@@H](O)COP(=O)(O)OC[C@@H](COC(=O)CCCCCCCCCCCC(C)C)OC(=O)CCCCCCCCCCCCCCCCC)OC(=O)CCCCCCCCCCCCCCCCCCC. The standard InChI is InChI=1S/C80H152O17P2/c1-6-9-12-15-18-21-24-27-30-31-34-37-40-45-51-56-61-66-80(85)96-75(69-90-77(82)63-58-53-48-43-38-35-32-28-25-22-19-16-13-10-7-2)71-94-98(86,87)92-67-74(81)68-93-99(88,89)95-72-76(70-91-78(83)64-59-54-49-46-41-42-47-52-57-62-73(4)5)97-79(84)65-60-55-50-44-39-36-33-29-26-23-20-17-14-11-8-3/h22,25,28,32,73-76,81H,6-21,23-24,26-27,29-31,33-72H2,1-5H3,(H,86,87)(H,88,89)/b25-22-,32-28-/t74-,75-,76-/m1/s1. The molecule has 584 valence electrons. The number of aliphatic hydroxyl groups is 1. The van der Waals surface area contributed by atoms with Gasteiger partial charge in [-0.05, 0) is 57.3 Å². The van der Waals surface area contributed by atoms with Gasteiger partial charge < -0.3 is 33.8 Å². The third-order valence-electron chi connectivity index (χ3n) is 18.2. The molecular weight excluding hydrogens is 1290 g/mol. The van der Waals surface area contributed by atoms with Crippen LogP contribution in [0.2, 0.25) is 0 Å². The first-order valence-electron chi connectivity index (χ1n) is 41.0. The van der Waals surface area contributed by atoms with Crippen molar-refractivity contribution in [3.05, 3.63) is 24.3 Å². The predicted molar refractivity (Wildman–Crippen MR) is 404 cm³/mol. The molecule has 99 heavy (non-hydrogen) atoms. The Morgan fingerprint density at radius 1 is 0.313 bits per heavy atom. The van der Waals surface area contributed by atoms with E-state index in [-0.39, 0.29) is 25.7 Å². The molecule has 3 N–H and O–H groups in total. The summed E-state index contributed by atoms with van der Waals surface area (Å²) in [6.07, 6.45) is 65.9. The fourth-order valence-corrected chi connectivity index (χ4v) is 13.4. The number of carbonyl (C=O) groups is 4. The average Bonchev–Trinajstić information content (AvgIpc) is 1.17. The van der Waals surface area contributed by atoms with Crippen molar-refractivity contribution in [3.8, 4) is 0 Å². The summed E-state index contributed by atoms with van der Waals surface area (Å²) < 4.78 is 68.7. The molecule has 2 unspecified atom stereocenters. The minimum absolute atomic E-state index is 0.102. The minimum atomic E-state index is -4.97. The number of allylic oxidation sites excluding steroid dienone is 4. The number of ether oxygens (including phenoxy) is 4. The molecule has 0 amide bonds. The van der Waals surface area contributed by atoms with E-state index in [2.05, 4.69) is 58.9 Å². The summed E-state index contributed by atoms with van der Waals surface area (Å²) in [4.78, 5) is 73.0. The van der Waals surface area contributed by atoms with Gasteiger partial charge in [0.25, 0.3) is 0 Å². The molecule has 0 aliphatic heterocycles. The molecule has 17 nitrogen and oxygen atoms in total. The van der Waals surface area contributed by atoms with E-state index in [9.17, 15) is 43.2 Å². The lowest BCUT2D eigenvalue weighted by atomic mass is 10.0. The van der Waals surface area contributed by atoms with Crippen molar-refractivity contribution in [2.45, 2.75) is 419 Å². The maximum atomic E-state index is 13.1. The van der Waals surface area contributed by atoms with Crippen molar-refractivity contribution in [1.82, 2.24) is 0 Å². The Morgan fingerprint density at radius 2 is 0.545 bits per heavy atom. The van der Waals surface area contributed by atoms with Gasteiger partial charge >= 0.3 is 39.5 Å². The number of aliphatic hydroxyl groups excluding tert-OH is 1. The van der Waals surface area contributed by atoms with Gasteiger partial charge in [0, 0.05) is 25.7 Å². The zero-order valence-corrected chi connectivity index (χ0v) is 65.9. The zero-order chi connectivity index (χ0) is 72.7. The van der Waals surface area contributed by atoms with Crippen LogP contribution in [-0.4, -0.2) is 96.7 Å². The Kier molecular flexibility index (Phi) is 70.7. The molecule has 0 heterocycles. The molecule has 0 fully saturated rings. The fourth-order valence-electron chi connectivity index (χ4n) is 11.9. The molecular formula is C80H152O17P2. The van der Waals surface area contributed by atoms with E-state index in [1.165, 1.54) is 205 Å². The van der Waals surface area contributed by atoms with Gasteiger partial charge in [-0.3, -0.25) is 37.3 Å². The zero-order valence-electron chi connectivity index (χ0n) is 64.1. The Balaban J connectivity index is 5.30. The van der Waals surface area contributed by atoms with Gasteiger partial charge in [-0.2, -0.15) is 0 Å². The molecule has 0 rings (SSSR count). The van der Waals surface area contributed by atoms with Gasteiger partial charge in [0.15, 0.2) is 12.2 Å². The number of hydrogen-bond donors (Lipinski definition) is 3. The minimum Gasteiger partial charge on any atom is -0.462 e. The lowest BCUT2D eigenvalue weighted by molar-refractivity contribution is -0.161. The Hall–Kier alpha value is -2.46. The second-order valence-electron chi connectivity index (χ2n) is 28.6. The normalized spacial score (nSPS) is 14.0. The fraction of sp³-hybridized carbons (Fsp3) is 0.900. The third-order valence-corrected chi connectivity index (χ3v) is 20.1. The van der Waals surface area contributed by atoms with Crippen LogP contribution in [0, 0.1) is 5.92 Å². The number of phosphoric acid groups is 2. The maximum Gasteiger partial charge on any atom is 0.472 e. The Morgan fingerprint density at radius 3 is 0.828 bits per heavy atom. The van der Waals surface area contributed by atoms with Crippen LogP contribution in [0.15, 0.2) is 24.3 Å². The Bertz CT molecular complexity index is 1990. The second kappa shape index (κ2) is 72.5. The predicted octanol–water partition coefficient (Wildman–Crippen LogP) is 23.6. The maximum absolute atomic E-state index is 13.1. The molecule has 0 aromatic rings. The van der Waals surface area contributed by atoms with Crippen LogP contribution in [0.5, 0.6) is 0 Å². The van der Waals surface area contributed by atoms with Crippen molar-refractivity contribution in [3.63, 3.8) is 0 Å². The van der Waals surface area contributed by atoms with Crippen molar-refractivity contribution < 1.29 is 80.2 Å². The van der Waals surface area contributed by atoms with E-state index >= 15 is 0 Å². The molecule has 0 spiro atoms. The van der Waals surface area contributed by atoms with Gasteiger partial charge in [0.1, 0.15) is 19.3 Å². The van der Waals surface area contributed by atoms with Gasteiger partial charge in [-0.1, -0.05) is 348 Å². The second-order valence-corrected chi connectivity index (χ2v) is 31.5. The number of carbonyl (C=O) groups excluding carboxylic acids is 4. The molecule has 0 saturated heterocycles. The van der Waals surface area contributed by atoms with E-state index < -0.39 is 97.5 Å². The van der Waals surface area contributed by atoms with Gasteiger partial charge in [-0.15, -0.1) is 0 Å².